The van der Waals surface area contributed by atoms with Crippen molar-refractivity contribution in [2.24, 2.45) is 0 Å². The molecule has 0 aromatic carbocycles. The normalized spacial score (nSPS) is 26.9. The van der Waals surface area contributed by atoms with Gasteiger partial charge in [-0.2, -0.15) is 0 Å². The molecular formula is C11H21NO5S. The van der Waals surface area contributed by atoms with E-state index in [1.165, 1.54) is 7.11 Å². The molecule has 1 aliphatic rings. The van der Waals surface area contributed by atoms with Crippen molar-refractivity contribution < 1.29 is 22.7 Å². The van der Waals surface area contributed by atoms with Crippen LogP contribution in [0.4, 0.5) is 4.79 Å². The van der Waals surface area contributed by atoms with E-state index in [0.29, 0.717) is 6.42 Å². The molecule has 1 heterocycles. The van der Waals surface area contributed by atoms with Gasteiger partial charge in [-0.1, -0.05) is 0 Å². The summed E-state index contributed by atoms with van der Waals surface area (Å²) >= 11 is 0. The van der Waals surface area contributed by atoms with E-state index in [1.54, 1.807) is 20.8 Å². The summed E-state index contributed by atoms with van der Waals surface area (Å²) < 4.78 is 33.3. The number of carbonyl (C=O) groups excluding carboxylic acids is 1. The lowest BCUT2D eigenvalue weighted by molar-refractivity contribution is 0.00608. The van der Waals surface area contributed by atoms with Gasteiger partial charge in [0.1, 0.15) is 11.2 Å². The number of nitrogens with one attached hydrogen (secondary N) is 1. The van der Waals surface area contributed by atoms with Crippen LogP contribution < -0.4 is 5.32 Å². The van der Waals surface area contributed by atoms with Gasteiger partial charge in [-0.15, -0.1) is 0 Å². The van der Waals surface area contributed by atoms with Gasteiger partial charge in [-0.25, -0.2) is 13.2 Å². The molecule has 0 bridgehead atoms. The summed E-state index contributed by atoms with van der Waals surface area (Å²) in [6.45, 7) is 5.42. The van der Waals surface area contributed by atoms with E-state index in [1.807, 2.05) is 0 Å². The average molecular weight is 279 g/mol. The van der Waals surface area contributed by atoms with Gasteiger partial charge < -0.3 is 14.8 Å². The van der Waals surface area contributed by atoms with Crippen LogP contribution >= 0.6 is 0 Å². The Morgan fingerprint density at radius 3 is 2.39 bits per heavy atom. The van der Waals surface area contributed by atoms with Crippen molar-refractivity contribution in [1.29, 1.82) is 0 Å². The van der Waals surface area contributed by atoms with Gasteiger partial charge in [0.15, 0.2) is 9.84 Å². The van der Waals surface area contributed by atoms with Gasteiger partial charge in [0.05, 0.1) is 18.1 Å². The molecule has 0 saturated carbocycles. The highest BCUT2D eigenvalue weighted by molar-refractivity contribution is 7.91. The van der Waals surface area contributed by atoms with E-state index in [4.69, 9.17) is 9.47 Å². The monoisotopic (exact) mass is 279 g/mol. The molecule has 1 amide bonds. The smallest absolute Gasteiger partial charge is 0.407 e. The summed E-state index contributed by atoms with van der Waals surface area (Å²) in [6.07, 6.45) is -0.176. The fraction of sp³-hybridized carbons (Fsp3) is 0.909. The number of methoxy groups -OCH3 is 1. The molecule has 1 N–H and O–H groups in total. The molecular weight excluding hydrogens is 258 g/mol. The highest BCUT2D eigenvalue weighted by Crippen LogP contribution is 2.26. The minimum Gasteiger partial charge on any atom is -0.444 e. The largest absolute Gasteiger partial charge is 0.444 e. The van der Waals surface area contributed by atoms with Crippen LogP contribution in [0.5, 0.6) is 0 Å². The lowest BCUT2D eigenvalue weighted by Gasteiger charge is -2.27. The molecule has 106 valence electrons. The Morgan fingerprint density at radius 1 is 1.39 bits per heavy atom. The second-order valence-electron chi connectivity index (χ2n) is 5.58. The molecule has 1 rings (SSSR count). The number of rotatable bonds is 3. The van der Waals surface area contributed by atoms with Crippen molar-refractivity contribution >= 4 is 15.9 Å². The first kappa shape index (κ1) is 15.2. The maximum absolute atomic E-state index is 11.5. The first-order valence-corrected chi connectivity index (χ1v) is 7.62. The Kier molecular flexibility index (Phi) is 4.27. The van der Waals surface area contributed by atoms with Crippen molar-refractivity contribution in [3.05, 3.63) is 0 Å². The first-order chi connectivity index (χ1) is 8.08. The molecule has 0 radical (unpaired) electrons. The van der Waals surface area contributed by atoms with Crippen LogP contribution in [0.25, 0.3) is 0 Å². The van der Waals surface area contributed by atoms with Crippen molar-refractivity contribution in [2.45, 2.75) is 38.4 Å². The Morgan fingerprint density at radius 2 is 2.00 bits per heavy atom. The van der Waals surface area contributed by atoms with E-state index in [-0.39, 0.29) is 18.1 Å². The zero-order valence-electron chi connectivity index (χ0n) is 11.3. The van der Waals surface area contributed by atoms with Gasteiger partial charge in [0, 0.05) is 7.11 Å². The van der Waals surface area contributed by atoms with E-state index >= 15 is 0 Å². The second kappa shape index (κ2) is 5.05. The van der Waals surface area contributed by atoms with E-state index in [2.05, 4.69) is 5.32 Å². The zero-order valence-corrected chi connectivity index (χ0v) is 12.1. The van der Waals surface area contributed by atoms with Gasteiger partial charge in [0.25, 0.3) is 0 Å². The fourth-order valence-electron chi connectivity index (χ4n) is 1.81. The number of carbonyl (C=O) groups is 1. The van der Waals surface area contributed by atoms with Crippen LogP contribution in [0.2, 0.25) is 0 Å². The van der Waals surface area contributed by atoms with Gasteiger partial charge in [-0.3, -0.25) is 0 Å². The van der Waals surface area contributed by atoms with Crippen molar-refractivity contribution in [1.82, 2.24) is 5.32 Å². The molecule has 1 fully saturated rings. The topological polar surface area (TPSA) is 81.7 Å². The lowest BCUT2D eigenvalue weighted by Crippen LogP contribution is -2.46. The highest BCUT2D eigenvalue weighted by atomic mass is 32.2. The molecule has 0 aromatic heterocycles. The Hall–Kier alpha value is -0.820. The van der Waals surface area contributed by atoms with Crippen LogP contribution in [0.15, 0.2) is 0 Å². The number of sulfone groups is 1. The third-order valence-corrected chi connectivity index (χ3v) is 4.53. The third-order valence-electron chi connectivity index (χ3n) is 2.74. The van der Waals surface area contributed by atoms with E-state index in [0.717, 1.165) is 0 Å². The minimum absolute atomic E-state index is 0.0632. The maximum Gasteiger partial charge on any atom is 0.407 e. The molecule has 1 unspecified atom stereocenters. The van der Waals surface area contributed by atoms with Crippen molar-refractivity contribution in [2.75, 3.05) is 25.2 Å². The van der Waals surface area contributed by atoms with Crippen LogP contribution in [0, 0.1) is 0 Å². The quantitative estimate of drug-likeness (QED) is 0.823. The van der Waals surface area contributed by atoms with Crippen molar-refractivity contribution in [3.8, 4) is 0 Å². The predicted octanol–water partition coefficient (Wildman–Crippen LogP) is 0.715. The highest BCUT2D eigenvalue weighted by Gasteiger charge is 2.43. The first-order valence-electron chi connectivity index (χ1n) is 5.80. The molecule has 0 spiro atoms. The molecule has 0 aromatic rings. The van der Waals surface area contributed by atoms with E-state index < -0.39 is 27.1 Å². The summed E-state index contributed by atoms with van der Waals surface area (Å²) in [5, 5.41) is 2.56. The summed E-state index contributed by atoms with van der Waals surface area (Å²) in [6, 6.07) is 0. The fourth-order valence-corrected chi connectivity index (χ4v) is 3.80. The average Bonchev–Trinajstić information content (AvgIpc) is 2.50. The summed E-state index contributed by atoms with van der Waals surface area (Å²) in [7, 11) is -1.61. The molecule has 18 heavy (non-hydrogen) atoms. The number of alkyl carbamates (subject to hydrolysis) is 1. The summed E-state index contributed by atoms with van der Waals surface area (Å²) in [5.41, 5.74) is -1.40. The second-order valence-corrected chi connectivity index (χ2v) is 7.77. The maximum atomic E-state index is 11.5. The predicted molar refractivity (Wildman–Crippen MR) is 67.2 cm³/mol. The number of ether oxygens (including phenoxy) is 2. The Balaban J connectivity index is 2.54. The minimum atomic E-state index is -3.07. The zero-order chi connectivity index (χ0) is 14.0. The lowest BCUT2D eigenvalue weighted by atomic mass is 10.0. The van der Waals surface area contributed by atoms with Crippen LogP contribution in [0.1, 0.15) is 27.2 Å². The molecule has 1 atom stereocenters. The Bertz CT molecular complexity index is 412. The molecule has 1 saturated heterocycles. The van der Waals surface area contributed by atoms with Crippen LogP contribution in [-0.4, -0.2) is 50.9 Å². The SMILES string of the molecule is COC1(CNC(=O)OC(C)(C)C)CCS(=O)(=O)C1. The molecule has 7 heteroatoms. The number of hydrogen-bond acceptors (Lipinski definition) is 5. The molecule has 6 nitrogen and oxygen atoms in total. The van der Waals surface area contributed by atoms with Gasteiger partial charge >= 0.3 is 6.09 Å². The molecule has 1 aliphatic heterocycles. The van der Waals surface area contributed by atoms with Crippen LogP contribution in [0.3, 0.4) is 0 Å². The summed E-state index contributed by atoms with van der Waals surface area (Å²) in [5.74, 6) is 0.0309. The standard InChI is InChI=1S/C11H21NO5S/c1-10(2,3)17-9(13)12-7-11(16-4)5-6-18(14,15)8-11/h5-8H2,1-4H3,(H,12,13). The van der Waals surface area contributed by atoms with Crippen LogP contribution in [-0.2, 0) is 19.3 Å². The molecule has 0 aliphatic carbocycles. The van der Waals surface area contributed by atoms with Crippen molar-refractivity contribution in [3.63, 3.8) is 0 Å². The third kappa shape index (κ3) is 4.45. The van der Waals surface area contributed by atoms with E-state index in [9.17, 15) is 13.2 Å². The Labute approximate surface area is 108 Å². The summed E-state index contributed by atoms with van der Waals surface area (Å²) in [4.78, 5) is 11.5. The van der Waals surface area contributed by atoms with Gasteiger partial charge in [0.2, 0.25) is 0 Å². The number of hydrogen-bond donors (Lipinski definition) is 1. The number of amides is 1. The van der Waals surface area contributed by atoms with Gasteiger partial charge in [-0.05, 0) is 27.2 Å².